The lowest BCUT2D eigenvalue weighted by Gasteiger charge is -2.17. The standard InChI is InChI=1S/C12H18O2/c1-9(3-4-10(2)13)11-5-7-12(14)8-6-11/h5,7,9,14H,3-4,6,8H2,1-2H3. The van der Waals surface area contributed by atoms with Crippen molar-refractivity contribution < 1.29 is 9.90 Å². The maximum absolute atomic E-state index is 10.8. The quantitative estimate of drug-likeness (QED) is 0.746. The van der Waals surface area contributed by atoms with Gasteiger partial charge in [-0.05, 0) is 31.8 Å². The van der Waals surface area contributed by atoms with Crippen molar-refractivity contribution in [2.45, 2.75) is 39.5 Å². The van der Waals surface area contributed by atoms with E-state index in [-0.39, 0.29) is 5.78 Å². The van der Waals surface area contributed by atoms with Gasteiger partial charge in [-0.2, -0.15) is 0 Å². The Hall–Kier alpha value is -1.05. The van der Waals surface area contributed by atoms with Crippen LogP contribution in [0.25, 0.3) is 0 Å². The Morgan fingerprint density at radius 3 is 2.71 bits per heavy atom. The van der Waals surface area contributed by atoms with Crippen molar-refractivity contribution in [1.29, 1.82) is 0 Å². The summed E-state index contributed by atoms with van der Waals surface area (Å²) >= 11 is 0. The molecule has 0 bridgehead atoms. The van der Waals surface area contributed by atoms with Crippen LogP contribution in [0.15, 0.2) is 23.5 Å². The van der Waals surface area contributed by atoms with Crippen molar-refractivity contribution in [1.82, 2.24) is 0 Å². The van der Waals surface area contributed by atoms with E-state index < -0.39 is 0 Å². The Labute approximate surface area is 85.3 Å². The molecule has 0 saturated heterocycles. The van der Waals surface area contributed by atoms with Crippen LogP contribution in [0.2, 0.25) is 0 Å². The second-order valence-corrected chi connectivity index (χ2v) is 4.04. The van der Waals surface area contributed by atoms with E-state index in [0.29, 0.717) is 18.1 Å². The second-order valence-electron chi connectivity index (χ2n) is 4.04. The van der Waals surface area contributed by atoms with Crippen LogP contribution in [0.5, 0.6) is 0 Å². The number of carbonyl (C=O) groups excluding carboxylic acids is 1. The fourth-order valence-corrected chi connectivity index (χ4v) is 1.66. The van der Waals surface area contributed by atoms with Gasteiger partial charge >= 0.3 is 0 Å². The molecule has 0 aliphatic heterocycles. The van der Waals surface area contributed by atoms with Gasteiger partial charge in [-0.3, -0.25) is 0 Å². The van der Waals surface area contributed by atoms with Gasteiger partial charge < -0.3 is 9.90 Å². The SMILES string of the molecule is CC(=O)CCC(C)C1=CC=C(O)CC1. The molecule has 1 aliphatic rings. The zero-order chi connectivity index (χ0) is 10.6. The molecule has 0 heterocycles. The lowest BCUT2D eigenvalue weighted by atomic mass is 9.89. The highest BCUT2D eigenvalue weighted by atomic mass is 16.3. The van der Waals surface area contributed by atoms with Gasteiger partial charge in [0.1, 0.15) is 5.78 Å². The molecule has 0 spiro atoms. The molecule has 0 amide bonds. The number of carbonyl (C=O) groups is 1. The molecule has 2 heteroatoms. The summed E-state index contributed by atoms with van der Waals surface area (Å²) in [6.45, 7) is 3.78. The number of hydrogen-bond donors (Lipinski definition) is 1. The van der Waals surface area contributed by atoms with Crippen LogP contribution in [0, 0.1) is 5.92 Å². The Balaban J connectivity index is 2.45. The number of ketones is 1. The lowest BCUT2D eigenvalue weighted by Crippen LogP contribution is -2.05. The largest absolute Gasteiger partial charge is 0.512 e. The maximum Gasteiger partial charge on any atom is 0.129 e. The van der Waals surface area contributed by atoms with E-state index in [0.717, 1.165) is 19.3 Å². The maximum atomic E-state index is 10.8. The third kappa shape index (κ3) is 3.36. The summed E-state index contributed by atoms with van der Waals surface area (Å²) in [6.07, 6.45) is 7.02. The van der Waals surface area contributed by atoms with E-state index in [1.807, 2.05) is 6.08 Å². The van der Waals surface area contributed by atoms with E-state index >= 15 is 0 Å². The summed E-state index contributed by atoms with van der Waals surface area (Å²) in [4.78, 5) is 10.8. The number of allylic oxidation sites excluding steroid dienone is 4. The Morgan fingerprint density at radius 1 is 1.50 bits per heavy atom. The predicted molar refractivity (Wildman–Crippen MR) is 57.1 cm³/mol. The summed E-state index contributed by atoms with van der Waals surface area (Å²) in [5, 5.41) is 9.19. The van der Waals surface area contributed by atoms with Crippen molar-refractivity contribution in [3.05, 3.63) is 23.5 Å². The van der Waals surface area contributed by atoms with Crippen molar-refractivity contribution in [2.24, 2.45) is 5.92 Å². The minimum absolute atomic E-state index is 0.256. The van der Waals surface area contributed by atoms with Gasteiger partial charge in [-0.1, -0.05) is 18.6 Å². The molecule has 14 heavy (non-hydrogen) atoms. The highest BCUT2D eigenvalue weighted by Crippen LogP contribution is 2.26. The zero-order valence-corrected chi connectivity index (χ0v) is 8.92. The number of rotatable bonds is 4. The molecule has 0 saturated carbocycles. The highest BCUT2D eigenvalue weighted by molar-refractivity contribution is 5.75. The highest BCUT2D eigenvalue weighted by Gasteiger charge is 2.12. The molecule has 1 N–H and O–H groups in total. The molecule has 0 aromatic heterocycles. The molecular weight excluding hydrogens is 176 g/mol. The van der Waals surface area contributed by atoms with Gasteiger partial charge in [0.25, 0.3) is 0 Å². The Morgan fingerprint density at radius 2 is 2.21 bits per heavy atom. The number of aliphatic hydroxyl groups excluding tert-OH is 1. The van der Waals surface area contributed by atoms with Gasteiger partial charge in [0.05, 0.1) is 5.76 Å². The third-order valence-corrected chi connectivity index (χ3v) is 2.72. The summed E-state index contributed by atoms with van der Waals surface area (Å²) in [6, 6.07) is 0. The van der Waals surface area contributed by atoms with E-state index in [2.05, 4.69) is 6.92 Å². The van der Waals surface area contributed by atoms with Gasteiger partial charge in [0.2, 0.25) is 0 Å². The minimum Gasteiger partial charge on any atom is -0.512 e. The van der Waals surface area contributed by atoms with Gasteiger partial charge in [0, 0.05) is 12.8 Å². The number of Topliss-reactive ketones (excluding diaryl/α,β-unsaturated/α-hetero) is 1. The van der Waals surface area contributed by atoms with Gasteiger partial charge in [0.15, 0.2) is 0 Å². The summed E-state index contributed by atoms with van der Waals surface area (Å²) in [5.41, 5.74) is 1.35. The lowest BCUT2D eigenvalue weighted by molar-refractivity contribution is -0.117. The molecule has 1 atom stereocenters. The van der Waals surface area contributed by atoms with E-state index in [9.17, 15) is 9.90 Å². The first-order valence-electron chi connectivity index (χ1n) is 5.17. The number of aliphatic hydroxyl groups is 1. The second kappa shape index (κ2) is 4.99. The molecule has 0 radical (unpaired) electrons. The molecule has 2 nitrogen and oxygen atoms in total. The van der Waals surface area contributed by atoms with Crippen molar-refractivity contribution in [3.63, 3.8) is 0 Å². The van der Waals surface area contributed by atoms with Gasteiger partial charge in [-0.15, -0.1) is 0 Å². The molecule has 0 aromatic carbocycles. The zero-order valence-electron chi connectivity index (χ0n) is 8.92. The monoisotopic (exact) mass is 194 g/mol. The topological polar surface area (TPSA) is 37.3 Å². The first kappa shape index (κ1) is 11.0. The summed E-state index contributed by atoms with van der Waals surface area (Å²) < 4.78 is 0. The Bertz CT molecular complexity index is 274. The Kier molecular flexibility index (Phi) is 3.93. The van der Waals surface area contributed by atoms with Crippen LogP contribution >= 0.6 is 0 Å². The van der Waals surface area contributed by atoms with Crippen LogP contribution in [0.4, 0.5) is 0 Å². The average Bonchev–Trinajstić information content (AvgIpc) is 2.15. The van der Waals surface area contributed by atoms with Crippen molar-refractivity contribution in [2.75, 3.05) is 0 Å². The van der Waals surface area contributed by atoms with Crippen LogP contribution in [0.1, 0.15) is 39.5 Å². The van der Waals surface area contributed by atoms with E-state index in [4.69, 9.17) is 0 Å². The molecular formula is C12H18O2. The van der Waals surface area contributed by atoms with Gasteiger partial charge in [-0.25, -0.2) is 0 Å². The van der Waals surface area contributed by atoms with Crippen LogP contribution in [0.3, 0.4) is 0 Å². The first-order valence-corrected chi connectivity index (χ1v) is 5.17. The fourth-order valence-electron chi connectivity index (χ4n) is 1.66. The third-order valence-electron chi connectivity index (χ3n) is 2.72. The normalized spacial score (nSPS) is 18.4. The fraction of sp³-hybridized carbons (Fsp3) is 0.583. The molecule has 1 unspecified atom stereocenters. The average molecular weight is 194 g/mol. The molecule has 0 fully saturated rings. The van der Waals surface area contributed by atoms with Crippen LogP contribution in [-0.4, -0.2) is 10.9 Å². The summed E-state index contributed by atoms with van der Waals surface area (Å²) in [7, 11) is 0. The molecule has 0 aromatic rings. The molecule has 1 rings (SSSR count). The van der Waals surface area contributed by atoms with Crippen molar-refractivity contribution >= 4 is 5.78 Å². The van der Waals surface area contributed by atoms with Crippen molar-refractivity contribution in [3.8, 4) is 0 Å². The smallest absolute Gasteiger partial charge is 0.129 e. The number of hydrogen-bond acceptors (Lipinski definition) is 2. The first-order chi connectivity index (χ1) is 6.59. The van der Waals surface area contributed by atoms with Crippen LogP contribution < -0.4 is 0 Å². The molecule has 1 aliphatic carbocycles. The molecule has 78 valence electrons. The predicted octanol–water partition coefficient (Wildman–Crippen LogP) is 3.15. The van der Waals surface area contributed by atoms with Crippen LogP contribution in [-0.2, 0) is 4.79 Å². The summed E-state index contributed by atoms with van der Waals surface area (Å²) in [5.74, 6) is 1.18. The van der Waals surface area contributed by atoms with E-state index in [1.165, 1.54) is 5.57 Å². The minimum atomic E-state index is 0.256. The van der Waals surface area contributed by atoms with E-state index in [1.54, 1.807) is 13.0 Å².